The largest absolute Gasteiger partial charge is 0.310 e. The molecule has 246 valence electrons. The molecule has 6 aromatic carbocycles. The highest BCUT2D eigenvalue weighted by molar-refractivity contribution is 5.99. The summed E-state index contributed by atoms with van der Waals surface area (Å²) in [5.41, 5.74) is 15.9. The minimum atomic E-state index is -0.0890. The number of benzene rings is 6. The van der Waals surface area contributed by atoms with E-state index in [2.05, 4.69) is 168 Å². The number of fused-ring (bicyclic) bond motifs is 4. The summed E-state index contributed by atoms with van der Waals surface area (Å²) < 4.78 is 0. The first-order valence-electron chi connectivity index (χ1n) is 18.4. The van der Waals surface area contributed by atoms with Crippen LogP contribution in [0.2, 0.25) is 0 Å². The zero-order valence-electron chi connectivity index (χ0n) is 30.1. The third-order valence-corrected chi connectivity index (χ3v) is 11.5. The first-order valence-corrected chi connectivity index (χ1v) is 18.4. The topological polar surface area (TPSA) is 3.24 Å². The summed E-state index contributed by atoms with van der Waals surface area (Å²) in [6.07, 6.45) is 6.68. The van der Waals surface area contributed by atoms with Crippen LogP contribution in [0.15, 0.2) is 121 Å². The Morgan fingerprint density at radius 3 is 2.00 bits per heavy atom. The van der Waals surface area contributed by atoms with E-state index in [1.807, 2.05) is 0 Å². The van der Waals surface area contributed by atoms with E-state index in [0.717, 1.165) is 0 Å². The second-order valence-corrected chi connectivity index (χ2v) is 16.1. The molecule has 2 aliphatic rings. The molecule has 0 amide bonds. The Morgan fingerprint density at radius 1 is 0.592 bits per heavy atom. The number of hydrogen-bond donors (Lipinski definition) is 0. The van der Waals surface area contributed by atoms with Crippen LogP contribution in [0.3, 0.4) is 0 Å². The van der Waals surface area contributed by atoms with E-state index < -0.39 is 0 Å². The van der Waals surface area contributed by atoms with Crippen LogP contribution in [0, 0.1) is 6.92 Å². The molecule has 0 radical (unpaired) electrons. The molecule has 1 fully saturated rings. The lowest BCUT2D eigenvalue weighted by Gasteiger charge is -2.32. The van der Waals surface area contributed by atoms with Gasteiger partial charge in [-0.05, 0) is 123 Å². The summed E-state index contributed by atoms with van der Waals surface area (Å²) in [5.74, 6) is 0.675. The number of anilines is 3. The van der Waals surface area contributed by atoms with Crippen molar-refractivity contribution >= 4 is 27.8 Å². The molecule has 6 aromatic rings. The Kier molecular flexibility index (Phi) is 7.79. The third-order valence-electron chi connectivity index (χ3n) is 11.5. The first kappa shape index (κ1) is 31.6. The van der Waals surface area contributed by atoms with Crippen LogP contribution in [0.25, 0.3) is 33.0 Å². The Balaban J connectivity index is 1.38. The van der Waals surface area contributed by atoms with E-state index in [-0.39, 0.29) is 10.8 Å². The molecule has 0 bridgehead atoms. The first-order chi connectivity index (χ1) is 23.6. The maximum Gasteiger partial charge on any atom is 0.0546 e. The molecule has 0 aromatic heterocycles. The van der Waals surface area contributed by atoms with Crippen molar-refractivity contribution in [1.82, 2.24) is 0 Å². The summed E-state index contributed by atoms with van der Waals surface area (Å²) in [4.78, 5) is 2.54. The standard InChI is InChI=1S/C48H49N/c1-32-15-14-22-43-46(32)40-28-27-38(31-44(40)48(43,5)6)49(37-25-23-34(24-26-37)33-16-8-7-9-17-33)45-30-36-19-11-10-18-35(36)29-41(45)39-20-12-13-21-42(39)47(2,3)4/h10-15,18-31,33H,7-9,16-17H2,1-6H3. The average Bonchev–Trinajstić information content (AvgIpc) is 3.35. The molecule has 0 spiro atoms. The molecule has 0 N–H and O–H groups in total. The van der Waals surface area contributed by atoms with E-state index in [9.17, 15) is 0 Å². The average molecular weight is 640 g/mol. The fourth-order valence-corrected chi connectivity index (χ4v) is 8.86. The van der Waals surface area contributed by atoms with Gasteiger partial charge in [0.2, 0.25) is 0 Å². The van der Waals surface area contributed by atoms with E-state index in [1.54, 1.807) is 0 Å². The number of aryl methyl sites for hydroxylation is 1. The highest BCUT2D eigenvalue weighted by Crippen LogP contribution is 2.53. The van der Waals surface area contributed by atoms with Gasteiger partial charge < -0.3 is 4.90 Å². The van der Waals surface area contributed by atoms with Crippen molar-refractivity contribution in [2.75, 3.05) is 4.90 Å². The Labute approximate surface area is 293 Å². The Bertz CT molecular complexity index is 2170. The number of nitrogens with zero attached hydrogens (tertiary/aromatic N) is 1. The van der Waals surface area contributed by atoms with Crippen molar-refractivity contribution in [3.05, 3.63) is 149 Å². The second kappa shape index (κ2) is 12.1. The maximum atomic E-state index is 2.54. The van der Waals surface area contributed by atoms with E-state index in [0.29, 0.717) is 5.92 Å². The van der Waals surface area contributed by atoms with Gasteiger partial charge in [0, 0.05) is 22.4 Å². The summed E-state index contributed by atoms with van der Waals surface area (Å²) in [5, 5.41) is 2.52. The van der Waals surface area contributed by atoms with Gasteiger partial charge in [-0.25, -0.2) is 0 Å². The lowest BCUT2D eigenvalue weighted by Crippen LogP contribution is -2.17. The normalized spacial score (nSPS) is 15.6. The molecule has 0 unspecified atom stereocenters. The van der Waals surface area contributed by atoms with Gasteiger partial charge in [0.15, 0.2) is 0 Å². The molecule has 0 heterocycles. The summed E-state index contributed by atoms with van der Waals surface area (Å²) in [6, 6.07) is 46.3. The van der Waals surface area contributed by atoms with Gasteiger partial charge in [0.05, 0.1) is 5.69 Å². The van der Waals surface area contributed by atoms with E-state index in [4.69, 9.17) is 0 Å². The SMILES string of the molecule is Cc1cccc2c1-c1ccc(N(c3ccc(C4CCCCC4)cc3)c3cc4ccccc4cc3-c3ccccc3C(C)(C)C)cc1C2(C)C. The molecule has 0 aliphatic heterocycles. The highest BCUT2D eigenvalue weighted by atomic mass is 15.1. The molecule has 0 atom stereocenters. The minimum Gasteiger partial charge on any atom is -0.310 e. The van der Waals surface area contributed by atoms with Crippen molar-refractivity contribution in [3.8, 4) is 22.3 Å². The van der Waals surface area contributed by atoms with Crippen LogP contribution in [0.5, 0.6) is 0 Å². The fourth-order valence-electron chi connectivity index (χ4n) is 8.86. The van der Waals surface area contributed by atoms with Gasteiger partial charge in [-0.1, -0.05) is 139 Å². The van der Waals surface area contributed by atoms with Gasteiger partial charge in [0.25, 0.3) is 0 Å². The van der Waals surface area contributed by atoms with Crippen LogP contribution < -0.4 is 4.90 Å². The molecular formula is C48H49N. The van der Waals surface area contributed by atoms with Crippen LogP contribution >= 0.6 is 0 Å². The van der Waals surface area contributed by atoms with Crippen LogP contribution in [-0.2, 0) is 10.8 Å². The molecular weight excluding hydrogens is 591 g/mol. The summed E-state index contributed by atoms with van der Waals surface area (Å²) in [6.45, 7) is 14.0. The lowest BCUT2D eigenvalue weighted by atomic mass is 9.81. The van der Waals surface area contributed by atoms with Crippen molar-refractivity contribution in [1.29, 1.82) is 0 Å². The fraction of sp³-hybridized carbons (Fsp3) is 0.292. The van der Waals surface area contributed by atoms with Crippen molar-refractivity contribution in [2.45, 2.75) is 90.4 Å². The Morgan fingerprint density at radius 2 is 1.27 bits per heavy atom. The van der Waals surface area contributed by atoms with Crippen LogP contribution in [0.4, 0.5) is 17.1 Å². The van der Waals surface area contributed by atoms with Crippen molar-refractivity contribution in [3.63, 3.8) is 0 Å². The van der Waals surface area contributed by atoms with Crippen LogP contribution in [0.1, 0.15) is 100 Å². The molecule has 0 saturated heterocycles. The molecule has 8 rings (SSSR count). The predicted molar refractivity (Wildman–Crippen MR) is 211 cm³/mol. The zero-order chi connectivity index (χ0) is 33.9. The Hall–Kier alpha value is -4.62. The molecule has 2 aliphatic carbocycles. The quantitative estimate of drug-likeness (QED) is 0.181. The number of hydrogen-bond acceptors (Lipinski definition) is 1. The zero-order valence-corrected chi connectivity index (χ0v) is 30.1. The predicted octanol–water partition coefficient (Wildman–Crippen LogP) is 13.9. The van der Waals surface area contributed by atoms with Crippen LogP contribution in [-0.4, -0.2) is 0 Å². The van der Waals surface area contributed by atoms with Crippen molar-refractivity contribution in [2.24, 2.45) is 0 Å². The lowest BCUT2D eigenvalue weighted by molar-refractivity contribution is 0.443. The van der Waals surface area contributed by atoms with Crippen molar-refractivity contribution < 1.29 is 0 Å². The van der Waals surface area contributed by atoms with Gasteiger partial charge >= 0.3 is 0 Å². The summed E-state index contributed by atoms with van der Waals surface area (Å²) >= 11 is 0. The molecule has 1 nitrogen and oxygen atoms in total. The molecule has 1 heteroatoms. The van der Waals surface area contributed by atoms with Gasteiger partial charge in [-0.15, -0.1) is 0 Å². The van der Waals surface area contributed by atoms with Gasteiger partial charge in [-0.3, -0.25) is 0 Å². The molecule has 49 heavy (non-hydrogen) atoms. The monoisotopic (exact) mass is 639 g/mol. The van der Waals surface area contributed by atoms with E-state index >= 15 is 0 Å². The van der Waals surface area contributed by atoms with E-state index in [1.165, 1.54) is 110 Å². The smallest absolute Gasteiger partial charge is 0.0546 e. The van der Waals surface area contributed by atoms with Gasteiger partial charge in [-0.2, -0.15) is 0 Å². The summed E-state index contributed by atoms with van der Waals surface area (Å²) in [7, 11) is 0. The third kappa shape index (κ3) is 5.48. The maximum absolute atomic E-state index is 2.54. The molecule has 1 saturated carbocycles. The minimum absolute atomic E-state index is 0.00673. The second-order valence-electron chi connectivity index (χ2n) is 16.1. The number of rotatable bonds is 5. The van der Waals surface area contributed by atoms with Gasteiger partial charge in [0.1, 0.15) is 0 Å². The highest BCUT2D eigenvalue weighted by Gasteiger charge is 2.37.